The third kappa shape index (κ3) is 2.64. The highest BCUT2D eigenvalue weighted by Crippen LogP contribution is 2.41. The number of fused-ring (bicyclic) bond motifs is 1. The number of nitrogens with two attached hydrogens (primary N) is 1. The Kier molecular flexibility index (Phi) is 4.22. The molecule has 0 spiro atoms. The molecule has 6 heteroatoms. The van der Waals surface area contributed by atoms with Crippen LogP contribution in [0, 0.1) is 5.92 Å². The van der Waals surface area contributed by atoms with Crippen molar-refractivity contribution in [2.45, 2.75) is 25.0 Å². The zero-order valence-corrected chi connectivity index (χ0v) is 12.7. The highest BCUT2D eigenvalue weighted by Gasteiger charge is 2.37. The number of carbonyl (C=O) groups excluding carboxylic acids is 1. The molecule has 1 aromatic carbocycles. The zero-order chi connectivity index (χ0) is 15.7. The summed E-state index contributed by atoms with van der Waals surface area (Å²) in [6, 6.07) is 5.44. The van der Waals surface area contributed by atoms with Crippen molar-refractivity contribution in [3.05, 3.63) is 23.8 Å². The van der Waals surface area contributed by atoms with Gasteiger partial charge in [0.1, 0.15) is 12.7 Å². The molecular weight excluding hydrogens is 284 g/mol. The van der Waals surface area contributed by atoms with E-state index < -0.39 is 6.10 Å². The van der Waals surface area contributed by atoms with Crippen LogP contribution in [0.1, 0.15) is 24.5 Å². The summed E-state index contributed by atoms with van der Waals surface area (Å²) in [5.41, 5.74) is 6.13. The second kappa shape index (κ2) is 6.14. The number of primary amides is 1. The van der Waals surface area contributed by atoms with Crippen molar-refractivity contribution in [3.8, 4) is 11.5 Å². The van der Waals surface area contributed by atoms with Crippen LogP contribution in [0.25, 0.3) is 0 Å². The second-order valence-electron chi connectivity index (χ2n) is 5.91. The normalized spacial score (nSPS) is 26.1. The first kappa shape index (κ1) is 15.1. The van der Waals surface area contributed by atoms with Crippen LogP contribution in [-0.2, 0) is 4.79 Å². The minimum absolute atomic E-state index is 0.0507. The van der Waals surface area contributed by atoms with E-state index >= 15 is 0 Å². The van der Waals surface area contributed by atoms with Gasteiger partial charge in [-0.05, 0) is 32.0 Å². The SMILES string of the molecule is COc1cccc2c1OCC(N1CCC(C(N)=O)CC1)C2O. The summed E-state index contributed by atoms with van der Waals surface area (Å²) < 4.78 is 11.1. The van der Waals surface area contributed by atoms with E-state index in [9.17, 15) is 9.90 Å². The lowest BCUT2D eigenvalue weighted by Crippen LogP contribution is -2.50. The number of benzene rings is 1. The topological polar surface area (TPSA) is 85.0 Å². The smallest absolute Gasteiger partial charge is 0.220 e. The number of methoxy groups -OCH3 is 1. The quantitative estimate of drug-likeness (QED) is 0.858. The van der Waals surface area contributed by atoms with Gasteiger partial charge < -0.3 is 20.3 Å². The van der Waals surface area contributed by atoms with Crippen molar-refractivity contribution in [3.63, 3.8) is 0 Å². The second-order valence-corrected chi connectivity index (χ2v) is 5.91. The van der Waals surface area contributed by atoms with Gasteiger partial charge in [0.05, 0.1) is 13.2 Å². The van der Waals surface area contributed by atoms with Crippen molar-refractivity contribution < 1.29 is 19.4 Å². The van der Waals surface area contributed by atoms with Gasteiger partial charge >= 0.3 is 0 Å². The Morgan fingerprint density at radius 1 is 1.41 bits per heavy atom. The van der Waals surface area contributed by atoms with E-state index in [4.69, 9.17) is 15.2 Å². The van der Waals surface area contributed by atoms with Gasteiger partial charge in [-0.25, -0.2) is 0 Å². The maximum atomic E-state index is 11.3. The molecule has 0 saturated carbocycles. The fraction of sp³-hybridized carbons (Fsp3) is 0.562. The van der Waals surface area contributed by atoms with Gasteiger partial charge in [0.2, 0.25) is 5.91 Å². The summed E-state index contributed by atoms with van der Waals surface area (Å²) in [5, 5.41) is 10.7. The standard InChI is InChI=1S/C16H22N2O4/c1-21-13-4-2-3-11-14(19)12(9-22-15(11)13)18-7-5-10(6-8-18)16(17)20/h2-4,10,12,14,19H,5-9H2,1H3,(H2,17,20). The molecule has 6 nitrogen and oxygen atoms in total. The molecule has 1 fully saturated rings. The van der Waals surface area contributed by atoms with Gasteiger partial charge in [-0.2, -0.15) is 0 Å². The van der Waals surface area contributed by atoms with E-state index in [1.165, 1.54) is 0 Å². The molecule has 0 bridgehead atoms. The van der Waals surface area contributed by atoms with Gasteiger partial charge in [0, 0.05) is 11.5 Å². The third-order valence-electron chi connectivity index (χ3n) is 4.71. The molecule has 22 heavy (non-hydrogen) atoms. The lowest BCUT2D eigenvalue weighted by atomic mass is 9.92. The van der Waals surface area contributed by atoms with E-state index in [2.05, 4.69) is 4.90 Å². The monoisotopic (exact) mass is 306 g/mol. The van der Waals surface area contributed by atoms with Crippen molar-refractivity contribution in [2.24, 2.45) is 11.7 Å². The predicted molar refractivity (Wildman–Crippen MR) is 80.7 cm³/mol. The summed E-state index contributed by atoms with van der Waals surface area (Å²) in [7, 11) is 1.59. The lowest BCUT2D eigenvalue weighted by Gasteiger charge is -2.41. The summed E-state index contributed by atoms with van der Waals surface area (Å²) in [6.45, 7) is 1.91. The molecule has 2 atom stereocenters. The molecule has 0 aromatic heterocycles. The van der Waals surface area contributed by atoms with Crippen molar-refractivity contribution in [1.82, 2.24) is 4.90 Å². The lowest BCUT2D eigenvalue weighted by molar-refractivity contribution is -0.123. The first-order valence-corrected chi connectivity index (χ1v) is 7.63. The van der Waals surface area contributed by atoms with Gasteiger partial charge in [-0.1, -0.05) is 12.1 Å². The molecular formula is C16H22N2O4. The first-order chi connectivity index (χ1) is 10.6. The number of ether oxygens (including phenoxy) is 2. The molecule has 1 amide bonds. The molecule has 1 saturated heterocycles. The number of piperidine rings is 1. The van der Waals surface area contributed by atoms with E-state index in [1.54, 1.807) is 7.11 Å². The highest BCUT2D eigenvalue weighted by molar-refractivity contribution is 5.76. The van der Waals surface area contributed by atoms with E-state index in [1.807, 2.05) is 18.2 Å². The van der Waals surface area contributed by atoms with Crippen LogP contribution in [-0.4, -0.2) is 48.8 Å². The summed E-state index contributed by atoms with van der Waals surface area (Å²) in [6.07, 6.45) is 0.858. The van der Waals surface area contributed by atoms with Crippen LogP contribution in [0.3, 0.4) is 0 Å². The summed E-state index contributed by atoms with van der Waals surface area (Å²) >= 11 is 0. The number of aliphatic hydroxyl groups is 1. The molecule has 2 aliphatic rings. The Balaban J connectivity index is 1.74. The molecule has 3 rings (SSSR count). The Labute approximate surface area is 129 Å². The number of rotatable bonds is 3. The van der Waals surface area contributed by atoms with Crippen LogP contribution in [0.15, 0.2) is 18.2 Å². The molecule has 3 N–H and O–H groups in total. The molecule has 120 valence electrons. The maximum absolute atomic E-state index is 11.3. The number of likely N-dealkylation sites (tertiary alicyclic amines) is 1. The highest BCUT2D eigenvalue weighted by atomic mass is 16.5. The number of amides is 1. The van der Waals surface area contributed by atoms with E-state index in [0.29, 0.717) is 18.1 Å². The average molecular weight is 306 g/mol. The largest absolute Gasteiger partial charge is 0.493 e. The molecule has 0 radical (unpaired) electrons. The van der Waals surface area contributed by atoms with Gasteiger partial charge in [0.25, 0.3) is 0 Å². The van der Waals surface area contributed by atoms with Crippen molar-refractivity contribution >= 4 is 5.91 Å². The zero-order valence-electron chi connectivity index (χ0n) is 12.7. The van der Waals surface area contributed by atoms with Crippen LogP contribution in [0.4, 0.5) is 0 Å². The van der Waals surface area contributed by atoms with Gasteiger partial charge in [0.15, 0.2) is 11.5 Å². The van der Waals surface area contributed by atoms with Gasteiger partial charge in [-0.3, -0.25) is 9.69 Å². The number of aliphatic hydroxyl groups excluding tert-OH is 1. The first-order valence-electron chi connectivity index (χ1n) is 7.63. The Bertz CT molecular complexity index is 555. The van der Waals surface area contributed by atoms with Crippen molar-refractivity contribution in [1.29, 1.82) is 0 Å². The maximum Gasteiger partial charge on any atom is 0.220 e. The fourth-order valence-electron chi connectivity index (χ4n) is 3.37. The average Bonchev–Trinajstić information content (AvgIpc) is 2.55. The Hall–Kier alpha value is -1.79. The predicted octanol–water partition coefficient (Wildman–Crippen LogP) is 0.687. The third-order valence-corrected chi connectivity index (χ3v) is 4.71. The van der Waals surface area contributed by atoms with Crippen LogP contribution in [0.2, 0.25) is 0 Å². The molecule has 1 aromatic rings. The van der Waals surface area contributed by atoms with E-state index in [-0.39, 0.29) is 17.9 Å². The number of nitrogens with zero attached hydrogens (tertiary/aromatic N) is 1. The number of hydrogen-bond acceptors (Lipinski definition) is 5. The summed E-state index contributed by atoms with van der Waals surface area (Å²) in [4.78, 5) is 13.4. The minimum Gasteiger partial charge on any atom is -0.493 e. The minimum atomic E-state index is -0.621. The number of carbonyl (C=O) groups is 1. The molecule has 2 unspecified atom stereocenters. The Morgan fingerprint density at radius 3 is 2.77 bits per heavy atom. The van der Waals surface area contributed by atoms with E-state index in [0.717, 1.165) is 31.5 Å². The molecule has 2 heterocycles. The Morgan fingerprint density at radius 2 is 2.14 bits per heavy atom. The van der Waals surface area contributed by atoms with Crippen LogP contribution in [0.5, 0.6) is 11.5 Å². The number of para-hydroxylation sites is 1. The van der Waals surface area contributed by atoms with Gasteiger partial charge in [-0.15, -0.1) is 0 Å². The van der Waals surface area contributed by atoms with Crippen LogP contribution >= 0.6 is 0 Å². The summed E-state index contributed by atoms with van der Waals surface area (Å²) in [5.74, 6) is 0.990. The van der Waals surface area contributed by atoms with Crippen molar-refractivity contribution in [2.75, 3.05) is 26.8 Å². The van der Waals surface area contributed by atoms with Crippen LogP contribution < -0.4 is 15.2 Å². The fourth-order valence-corrected chi connectivity index (χ4v) is 3.37. The molecule has 2 aliphatic heterocycles. The molecule has 0 aliphatic carbocycles. The number of hydrogen-bond donors (Lipinski definition) is 2.